The number of aryl methyl sites for hydroxylation is 1. The topological polar surface area (TPSA) is 53.5 Å². The molecule has 0 N–H and O–H groups in total. The third-order valence-corrected chi connectivity index (χ3v) is 5.89. The summed E-state index contributed by atoms with van der Waals surface area (Å²) < 4.78 is 0. The van der Waals surface area contributed by atoms with Crippen molar-refractivity contribution >= 4 is 40.4 Å². The number of halogens is 1. The Kier molecular flexibility index (Phi) is 4.25. The average Bonchev–Trinajstić information content (AvgIpc) is 3.29. The number of amides is 2. The van der Waals surface area contributed by atoms with E-state index in [-0.39, 0.29) is 17.9 Å². The molecule has 2 amide bonds. The van der Waals surface area contributed by atoms with Crippen molar-refractivity contribution in [2.45, 2.75) is 38.3 Å². The number of hydrogen-bond donors (Lipinski definition) is 0. The predicted octanol–water partition coefficient (Wildman–Crippen LogP) is 3.38. The van der Waals surface area contributed by atoms with Crippen molar-refractivity contribution in [3.05, 3.63) is 45.4 Å². The number of benzene rings is 1. The number of aromatic nitrogens is 1. The number of hydrogen-bond acceptors (Lipinski definition) is 4. The Labute approximate surface area is 155 Å². The second-order valence-corrected chi connectivity index (χ2v) is 7.81. The highest BCUT2D eigenvalue weighted by molar-refractivity contribution is 7.09. The van der Waals surface area contributed by atoms with Crippen LogP contribution in [0.15, 0.2) is 29.6 Å². The summed E-state index contributed by atoms with van der Waals surface area (Å²) in [6.45, 7) is 2.63. The first kappa shape index (κ1) is 16.5. The van der Waals surface area contributed by atoms with Gasteiger partial charge in [-0.15, -0.1) is 11.3 Å². The predicted molar refractivity (Wildman–Crippen MR) is 98.3 cm³/mol. The van der Waals surface area contributed by atoms with Crippen LogP contribution >= 0.6 is 22.9 Å². The monoisotopic (exact) mass is 375 g/mol. The van der Waals surface area contributed by atoms with Crippen LogP contribution in [0.25, 0.3) is 0 Å². The first-order chi connectivity index (χ1) is 12.1. The number of carbonyl (C=O) groups is 2. The third-order valence-electron chi connectivity index (χ3n) is 4.75. The van der Waals surface area contributed by atoms with Crippen LogP contribution in [0.4, 0.5) is 5.69 Å². The number of anilines is 1. The van der Waals surface area contributed by atoms with Gasteiger partial charge in [-0.3, -0.25) is 9.59 Å². The van der Waals surface area contributed by atoms with Crippen molar-refractivity contribution in [1.29, 1.82) is 0 Å². The second kappa shape index (κ2) is 6.42. The van der Waals surface area contributed by atoms with Gasteiger partial charge < -0.3 is 9.80 Å². The number of thiazole rings is 1. The summed E-state index contributed by atoms with van der Waals surface area (Å²) >= 11 is 7.56. The van der Waals surface area contributed by atoms with Crippen molar-refractivity contribution in [2.24, 2.45) is 0 Å². The van der Waals surface area contributed by atoms with Crippen LogP contribution < -0.4 is 4.90 Å². The van der Waals surface area contributed by atoms with E-state index in [1.807, 2.05) is 12.1 Å². The molecule has 2 fully saturated rings. The standard InChI is InChI=1S/C18H18ClN3O2S/c1-2-4-16-20-14(10-25-16)17(23)21-9-13-8-15(21)18(24)22(13)12-6-3-5-11(19)7-12/h3,5-7,10,13,15H,2,4,8-9H2,1H3/t13-,15-/m0/s1. The molecule has 0 spiro atoms. The minimum Gasteiger partial charge on any atom is -0.323 e. The Morgan fingerprint density at radius 3 is 3.00 bits per heavy atom. The second-order valence-electron chi connectivity index (χ2n) is 6.43. The van der Waals surface area contributed by atoms with Gasteiger partial charge in [0.1, 0.15) is 11.7 Å². The Hall–Kier alpha value is -1.92. The highest BCUT2D eigenvalue weighted by Gasteiger charge is 2.52. The molecule has 2 saturated heterocycles. The molecule has 1 aromatic carbocycles. The van der Waals surface area contributed by atoms with E-state index in [9.17, 15) is 9.59 Å². The molecule has 2 atom stereocenters. The Morgan fingerprint density at radius 1 is 1.44 bits per heavy atom. The average molecular weight is 376 g/mol. The van der Waals surface area contributed by atoms with Crippen molar-refractivity contribution in [3.63, 3.8) is 0 Å². The quantitative estimate of drug-likeness (QED) is 0.823. The molecule has 2 aliphatic heterocycles. The zero-order chi connectivity index (χ0) is 17.6. The molecule has 25 heavy (non-hydrogen) atoms. The lowest BCUT2D eigenvalue weighted by atomic mass is 10.2. The van der Waals surface area contributed by atoms with Crippen LogP contribution in [0.3, 0.4) is 0 Å². The minimum atomic E-state index is -0.396. The molecule has 3 heterocycles. The van der Waals surface area contributed by atoms with Crippen molar-refractivity contribution < 1.29 is 9.59 Å². The molecule has 130 valence electrons. The van der Waals surface area contributed by atoms with Crippen LogP contribution in [0.1, 0.15) is 35.3 Å². The highest BCUT2D eigenvalue weighted by atomic mass is 35.5. The molecule has 2 aliphatic rings. The van der Waals surface area contributed by atoms with Gasteiger partial charge in [-0.2, -0.15) is 0 Å². The maximum atomic E-state index is 12.8. The fourth-order valence-corrected chi connectivity index (χ4v) is 4.71. The fraction of sp³-hybridized carbons (Fsp3) is 0.389. The Morgan fingerprint density at radius 2 is 2.28 bits per heavy atom. The van der Waals surface area contributed by atoms with E-state index in [0.717, 1.165) is 23.5 Å². The summed E-state index contributed by atoms with van der Waals surface area (Å²) in [5, 5.41) is 3.38. The molecule has 2 aromatic rings. The van der Waals surface area contributed by atoms with E-state index < -0.39 is 6.04 Å². The lowest BCUT2D eigenvalue weighted by Crippen LogP contribution is -2.52. The lowest BCUT2D eigenvalue weighted by molar-refractivity contribution is -0.121. The molecule has 1 aromatic heterocycles. The molecule has 0 radical (unpaired) electrons. The Bertz CT molecular complexity index is 837. The van der Waals surface area contributed by atoms with E-state index in [4.69, 9.17) is 11.6 Å². The van der Waals surface area contributed by atoms with E-state index in [1.165, 1.54) is 11.3 Å². The molecule has 0 aliphatic carbocycles. The Balaban J connectivity index is 1.53. The van der Waals surface area contributed by atoms with Gasteiger partial charge >= 0.3 is 0 Å². The van der Waals surface area contributed by atoms with E-state index in [1.54, 1.807) is 27.3 Å². The normalized spacial score (nSPS) is 22.1. The van der Waals surface area contributed by atoms with Crippen LogP contribution in [0.2, 0.25) is 5.02 Å². The van der Waals surface area contributed by atoms with Gasteiger partial charge in [-0.05, 0) is 37.5 Å². The number of fused-ring (bicyclic) bond motifs is 2. The van der Waals surface area contributed by atoms with Gasteiger partial charge in [-0.25, -0.2) is 4.98 Å². The largest absolute Gasteiger partial charge is 0.323 e. The minimum absolute atomic E-state index is 0.00802. The SMILES string of the molecule is CCCc1nc(C(=O)N2C[C@@H]3C[C@H]2C(=O)N3c2cccc(Cl)c2)cs1. The maximum absolute atomic E-state index is 12.8. The van der Waals surface area contributed by atoms with Gasteiger partial charge in [0.15, 0.2) is 0 Å². The van der Waals surface area contributed by atoms with Crippen LogP contribution in [0, 0.1) is 0 Å². The van der Waals surface area contributed by atoms with Crippen LogP contribution in [-0.4, -0.2) is 40.3 Å². The third kappa shape index (κ3) is 2.83. The molecule has 0 saturated carbocycles. The maximum Gasteiger partial charge on any atom is 0.274 e. The molecular weight excluding hydrogens is 358 g/mol. The molecule has 5 nitrogen and oxygen atoms in total. The number of likely N-dealkylation sites (tertiary alicyclic amines) is 1. The van der Waals surface area contributed by atoms with Crippen molar-refractivity contribution in [2.75, 3.05) is 11.4 Å². The molecular formula is C18H18ClN3O2S. The van der Waals surface area contributed by atoms with Gasteiger partial charge in [0, 0.05) is 22.6 Å². The highest BCUT2D eigenvalue weighted by Crippen LogP contribution is 2.37. The first-order valence-corrected chi connectivity index (χ1v) is 9.68. The summed E-state index contributed by atoms with van der Waals surface area (Å²) in [5.74, 6) is -0.166. The summed E-state index contributed by atoms with van der Waals surface area (Å²) in [5.41, 5.74) is 1.26. The summed E-state index contributed by atoms with van der Waals surface area (Å²) in [7, 11) is 0. The molecule has 4 rings (SSSR count). The lowest BCUT2D eigenvalue weighted by Gasteiger charge is -2.33. The van der Waals surface area contributed by atoms with Gasteiger partial charge in [0.25, 0.3) is 5.91 Å². The van der Waals surface area contributed by atoms with E-state index in [0.29, 0.717) is 23.7 Å². The number of piperazine rings is 1. The number of nitrogens with zero attached hydrogens (tertiary/aromatic N) is 3. The van der Waals surface area contributed by atoms with Crippen molar-refractivity contribution in [3.8, 4) is 0 Å². The summed E-state index contributed by atoms with van der Waals surface area (Å²) in [6.07, 6.45) is 2.55. The van der Waals surface area contributed by atoms with E-state index in [2.05, 4.69) is 11.9 Å². The van der Waals surface area contributed by atoms with E-state index >= 15 is 0 Å². The van der Waals surface area contributed by atoms with Crippen LogP contribution in [-0.2, 0) is 11.2 Å². The summed E-state index contributed by atoms with van der Waals surface area (Å²) in [4.78, 5) is 33.5. The van der Waals surface area contributed by atoms with Gasteiger partial charge in [0.2, 0.25) is 5.91 Å². The summed E-state index contributed by atoms with van der Waals surface area (Å²) in [6, 6.07) is 6.92. The molecule has 0 unspecified atom stereocenters. The number of carbonyl (C=O) groups excluding carboxylic acids is 2. The first-order valence-electron chi connectivity index (χ1n) is 8.42. The zero-order valence-electron chi connectivity index (χ0n) is 13.8. The smallest absolute Gasteiger partial charge is 0.274 e. The molecule has 7 heteroatoms. The zero-order valence-corrected chi connectivity index (χ0v) is 15.4. The molecule has 2 bridgehead atoms. The van der Waals surface area contributed by atoms with Crippen LogP contribution in [0.5, 0.6) is 0 Å². The number of rotatable bonds is 4. The fourth-order valence-electron chi connectivity index (χ4n) is 3.65. The van der Waals surface area contributed by atoms with Gasteiger partial charge in [0.05, 0.1) is 11.0 Å². The van der Waals surface area contributed by atoms with Gasteiger partial charge in [-0.1, -0.05) is 24.6 Å². The van der Waals surface area contributed by atoms with Crippen molar-refractivity contribution in [1.82, 2.24) is 9.88 Å².